The van der Waals surface area contributed by atoms with Crippen LogP contribution in [-0.2, 0) is 0 Å². The van der Waals surface area contributed by atoms with E-state index in [0.29, 0.717) is 22.5 Å². The van der Waals surface area contributed by atoms with Crippen LogP contribution < -0.4 is 10.5 Å². The zero-order valence-electron chi connectivity index (χ0n) is 8.96. The molecular weight excluding hydrogens is 245 g/mol. The van der Waals surface area contributed by atoms with Gasteiger partial charge in [-0.1, -0.05) is 23.2 Å². The molecule has 0 bridgehead atoms. The lowest BCUT2D eigenvalue weighted by Crippen LogP contribution is -2.27. The number of halogens is 2. The largest absolute Gasteiger partial charge is 0.490 e. The Kier molecular flexibility index (Phi) is 3.95. The Bertz CT molecular complexity index is 350. The quantitative estimate of drug-likeness (QED) is 0.902. The van der Waals surface area contributed by atoms with Crippen molar-refractivity contribution in [2.24, 2.45) is 11.7 Å². The van der Waals surface area contributed by atoms with Gasteiger partial charge >= 0.3 is 0 Å². The molecule has 2 unspecified atom stereocenters. The molecule has 1 aliphatic carbocycles. The van der Waals surface area contributed by atoms with E-state index in [-0.39, 0.29) is 6.10 Å². The number of ether oxygens (including phenoxy) is 1. The van der Waals surface area contributed by atoms with Crippen molar-refractivity contribution < 1.29 is 4.74 Å². The molecule has 16 heavy (non-hydrogen) atoms. The summed E-state index contributed by atoms with van der Waals surface area (Å²) in [5, 5.41) is 1.20. The molecule has 2 atom stereocenters. The highest BCUT2D eigenvalue weighted by Crippen LogP contribution is 2.31. The fourth-order valence-corrected chi connectivity index (χ4v) is 2.70. The second-order valence-corrected chi connectivity index (χ2v) is 5.06. The summed E-state index contributed by atoms with van der Waals surface area (Å²) in [5.41, 5.74) is 5.71. The van der Waals surface area contributed by atoms with Gasteiger partial charge in [0.05, 0.1) is 0 Å². The van der Waals surface area contributed by atoms with Crippen LogP contribution in [0.2, 0.25) is 10.0 Å². The minimum atomic E-state index is 0.208. The van der Waals surface area contributed by atoms with E-state index in [1.807, 2.05) is 0 Å². The molecule has 0 spiro atoms. The standard InChI is InChI=1S/C12H15Cl2NO/c13-9-4-10(14)6-11(5-9)16-12-3-1-2-8(12)7-15/h4-6,8,12H,1-3,7,15H2. The molecule has 0 aliphatic heterocycles. The molecule has 0 aromatic heterocycles. The molecular formula is C12H15Cl2NO. The van der Waals surface area contributed by atoms with Gasteiger partial charge in [-0.25, -0.2) is 0 Å². The summed E-state index contributed by atoms with van der Waals surface area (Å²) in [6.07, 6.45) is 3.60. The summed E-state index contributed by atoms with van der Waals surface area (Å²) in [5.74, 6) is 1.20. The van der Waals surface area contributed by atoms with Gasteiger partial charge in [0.25, 0.3) is 0 Å². The molecule has 1 saturated carbocycles. The fourth-order valence-electron chi connectivity index (χ4n) is 2.20. The van der Waals surface area contributed by atoms with E-state index in [0.717, 1.165) is 18.6 Å². The third-order valence-electron chi connectivity index (χ3n) is 3.02. The molecule has 1 aliphatic rings. The molecule has 4 heteroatoms. The number of nitrogens with two attached hydrogens (primary N) is 1. The zero-order valence-corrected chi connectivity index (χ0v) is 10.5. The highest BCUT2D eigenvalue weighted by atomic mass is 35.5. The van der Waals surface area contributed by atoms with Crippen molar-refractivity contribution in [1.29, 1.82) is 0 Å². The molecule has 0 radical (unpaired) electrons. The van der Waals surface area contributed by atoms with Crippen LogP contribution in [0.25, 0.3) is 0 Å². The molecule has 88 valence electrons. The molecule has 1 aromatic carbocycles. The molecule has 1 fully saturated rings. The Hall–Kier alpha value is -0.440. The lowest BCUT2D eigenvalue weighted by molar-refractivity contribution is 0.162. The van der Waals surface area contributed by atoms with E-state index in [1.54, 1.807) is 18.2 Å². The van der Waals surface area contributed by atoms with E-state index in [2.05, 4.69) is 0 Å². The first-order valence-electron chi connectivity index (χ1n) is 5.52. The second-order valence-electron chi connectivity index (χ2n) is 4.19. The lowest BCUT2D eigenvalue weighted by Gasteiger charge is -2.20. The Morgan fingerprint density at radius 2 is 1.88 bits per heavy atom. The predicted molar refractivity (Wildman–Crippen MR) is 67.3 cm³/mol. The highest BCUT2D eigenvalue weighted by molar-refractivity contribution is 6.34. The molecule has 0 saturated heterocycles. The van der Waals surface area contributed by atoms with Gasteiger partial charge in [0, 0.05) is 16.0 Å². The van der Waals surface area contributed by atoms with E-state index < -0.39 is 0 Å². The maximum absolute atomic E-state index is 5.92. The maximum atomic E-state index is 5.92. The normalized spacial score (nSPS) is 24.7. The van der Waals surface area contributed by atoms with Crippen molar-refractivity contribution >= 4 is 23.2 Å². The van der Waals surface area contributed by atoms with E-state index >= 15 is 0 Å². The summed E-state index contributed by atoms with van der Waals surface area (Å²) >= 11 is 11.8. The van der Waals surface area contributed by atoms with E-state index in [9.17, 15) is 0 Å². The summed E-state index contributed by atoms with van der Waals surface area (Å²) in [6, 6.07) is 5.28. The summed E-state index contributed by atoms with van der Waals surface area (Å²) in [4.78, 5) is 0. The van der Waals surface area contributed by atoms with Crippen LogP contribution in [0.1, 0.15) is 19.3 Å². The third kappa shape index (κ3) is 2.82. The Balaban J connectivity index is 2.08. The number of hydrogen-bond donors (Lipinski definition) is 1. The molecule has 2 N–H and O–H groups in total. The fraction of sp³-hybridized carbons (Fsp3) is 0.500. The SMILES string of the molecule is NCC1CCCC1Oc1cc(Cl)cc(Cl)c1. The topological polar surface area (TPSA) is 35.2 Å². The summed E-state index contributed by atoms with van der Waals surface area (Å²) < 4.78 is 5.89. The van der Waals surface area contributed by atoms with Gasteiger partial charge in [0.15, 0.2) is 0 Å². The van der Waals surface area contributed by atoms with E-state index in [4.69, 9.17) is 33.7 Å². The molecule has 0 amide bonds. The van der Waals surface area contributed by atoms with Gasteiger partial charge in [0.1, 0.15) is 11.9 Å². The highest BCUT2D eigenvalue weighted by Gasteiger charge is 2.27. The minimum Gasteiger partial charge on any atom is -0.490 e. The maximum Gasteiger partial charge on any atom is 0.122 e. The molecule has 1 aromatic rings. The first-order valence-corrected chi connectivity index (χ1v) is 6.27. The number of hydrogen-bond acceptors (Lipinski definition) is 2. The van der Waals surface area contributed by atoms with Gasteiger partial charge < -0.3 is 10.5 Å². The van der Waals surface area contributed by atoms with Gasteiger partial charge in [-0.3, -0.25) is 0 Å². The second kappa shape index (κ2) is 5.26. The number of benzene rings is 1. The summed E-state index contributed by atoms with van der Waals surface area (Å²) in [7, 11) is 0. The van der Waals surface area contributed by atoms with Crippen molar-refractivity contribution in [3.63, 3.8) is 0 Å². The van der Waals surface area contributed by atoms with E-state index in [1.165, 1.54) is 6.42 Å². The third-order valence-corrected chi connectivity index (χ3v) is 3.45. The average Bonchev–Trinajstić information content (AvgIpc) is 2.63. The Morgan fingerprint density at radius 1 is 1.19 bits per heavy atom. The zero-order chi connectivity index (χ0) is 11.5. The summed E-state index contributed by atoms with van der Waals surface area (Å²) in [6.45, 7) is 0.680. The lowest BCUT2D eigenvalue weighted by atomic mass is 10.1. The van der Waals surface area contributed by atoms with Gasteiger partial charge in [-0.15, -0.1) is 0 Å². The van der Waals surface area contributed by atoms with Crippen LogP contribution in [0, 0.1) is 5.92 Å². The van der Waals surface area contributed by atoms with Crippen molar-refractivity contribution in [3.8, 4) is 5.75 Å². The van der Waals surface area contributed by atoms with Crippen LogP contribution in [-0.4, -0.2) is 12.6 Å². The number of rotatable bonds is 3. The van der Waals surface area contributed by atoms with Gasteiger partial charge in [-0.05, 0) is 44.0 Å². The van der Waals surface area contributed by atoms with Crippen LogP contribution in [0.5, 0.6) is 5.75 Å². The molecule has 0 heterocycles. The predicted octanol–water partition coefficient (Wildman–Crippen LogP) is 3.50. The molecule has 2 rings (SSSR count). The Labute approximate surface area is 106 Å². The molecule has 2 nitrogen and oxygen atoms in total. The van der Waals surface area contributed by atoms with Gasteiger partial charge in [0.2, 0.25) is 0 Å². The van der Waals surface area contributed by atoms with Crippen LogP contribution in [0.3, 0.4) is 0 Å². The Morgan fingerprint density at radius 3 is 2.50 bits per heavy atom. The smallest absolute Gasteiger partial charge is 0.122 e. The van der Waals surface area contributed by atoms with Crippen LogP contribution in [0.15, 0.2) is 18.2 Å². The van der Waals surface area contributed by atoms with Crippen molar-refractivity contribution in [1.82, 2.24) is 0 Å². The van der Waals surface area contributed by atoms with Crippen LogP contribution >= 0.6 is 23.2 Å². The van der Waals surface area contributed by atoms with Crippen LogP contribution in [0.4, 0.5) is 0 Å². The minimum absolute atomic E-state index is 0.208. The van der Waals surface area contributed by atoms with Gasteiger partial charge in [-0.2, -0.15) is 0 Å². The van der Waals surface area contributed by atoms with Crippen molar-refractivity contribution in [2.75, 3.05) is 6.54 Å². The first kappa shape index (κ1) is 12.0. The van der Waals surface area contributed by atoms with Crippen molar-refractivity contribution in [2.45, 2.75) is 25.4 Å². The average molecular weight is 260 g/mol. The van der Waals surface area contributed by atoms with Crippen molar-refractivity contribution in [3.05, 3.63) is 28.2 Å². The monoisotopic (exact) mass is 259 g/mol. The first-order chi connectivity index (χ1) is 7.69.